The lowest BCUT2D eigenvalue weighted by Crippen LogP contribution is -2.50. The number of halogens is 1. The third-order valence-electron chi connectivity index (χ3n) is 3.71. The number of amides is 2. The normalized spacial score (nSPS) is 12.7. The van der Waals surface area contributed by atoms with E-state index in [2.05, 4.69) is 5.32 Å². The van der Waals surface area contributed by atoms with Crippen molar-refractivity contribution < 1.29 is 22.4 Å². The highest BCUT2D eigenvalue weighted by Gasteiger charge is 2.28. The lowest BCUT2D eigenvalue weighted by molar-refractivity contribution is -0.140. The highest BCUT2D eigenvalue weighted by Crippen LogP contribution is 2.11. The van der Waals surface area contributed by atoms with E-state index in [1.54, 1.807) is 13.8 Å². The third-order valence-corrected chi connectivity index (χ3v) is 4.97. The van der Waals surface area contributed by atoms with E-state index in [1.165, 1.54) is 36.2 Å². The van der Waals surface area contributed by atoms with Crippen LogP contribution in [0.3, 0.4) is 0 Å². The van der Waals surface area contributed by atoms with E-state index in [-0.39, 0.29) is 19.0 Å². The molecule has 0 aromatic heterocycles. The van der Waals surface area contributed by atoms with Crippen LogP contribution in [0, 0.1) is 5.82 Å². The molecule has 0 aliphatic carbocycles. The van der Waals surface area contributed by atoms with Gasteiger partial charge < -0.3 is 10.2 Å². The summed E-state index contributed by atoms with van der Waals surface area (Å²) in [4.78, 5) is 26.0. The van der Waals surface area contributed by atoms with Crippen molar-refractivity contribution in [1.82, 2.24) is 14.5 Å². The number of nitrogens with one attached hydrogen (secondary N) is 1. The number of benzene rings is 1. The Morgan fingerprint density at radius 2 is 1.80 bits per heavy atom. The number of hydrogen-bond donors (Lipinski definition) is 1. The molecule has 2 amide bonds. The van der Waals surface area contributed by atoms with Crippen molar-refractivity contribution in [2.24, 2.45) is 0 Å². The summed E-state index contributed by atoms with van der Waals surface area (Å²) in [5, 5.41) is 2.63. The molecule has 25 heavy (non-hydrogen) atoms. The zero-order valence-electron chi connectivity index (χ0n) is 14.8. The fraction of sp³-hybridized carbons (Fsp3) is 0.500. The topological polar surface area (TPSA) is 86.8 Å². The van der Waals surface area contributed by atoms with Gasteiger partial charge in [0.1, 0.15) is 11.9 Å². The molecule has 1 aromatic carbocycles. The van der Waals surface area contributed by atoms with E-state index in [0.717, 1.165) is 10.6 Å². The Morgan fingerprint density at radius 1 is 1.24 bits per heavy atom. The van der Waals surface area contributed by atoms with Crippen LogP contribution < -0.4 is 5.32 Å². The van der Waals surface area contributed by atoms with Gasteiger partial charge in [0.25, 0.3) is 0 Å². The molecule has 1 N–H and O–H groups in total. The van der Waals surface area contributed by atoms with Crippen LogP contribution >= 0.6 is 0 Å². The minimum Gasteiger partial charge on any atom is -0.355 e. The molecule has 0 aliphatic heterocycles. The lowest BCUT2D eigenvalue weighted by Gasteiger charge is -2.30. The van der Waals surface area contributed by atoms with Crippen LogP contribution in [0.5, 0.6) is 0 Å². The molecule has 0 spiro atoms. The lowest BCUT2D eigenvalue weighted by atomic mass is 10.1. The van der Waals surface area contributed by atoms with Crippen LogP contribution in [0.1, 0.15) is 19.4 Å². The Balaban J connectivity index is 3.02. The van der Waals surface area contributed by atoms with Gasteiger partial charge in [0.05, 0.1) is 12.8 Å². The number of sulfonamides is 1. The maximum Gasteiger partial charge on any atom is 0.242 e. The summed E-state index contributed by atoms with van der Waals surface area (Å²) in [7, 11) is -2.24. The fourth-order valence-corrected chi connectivity index (χ4v) is 2.43. The van der Waals surface area contributed by atoms with Crippen LogP contribution in [-0.2, 0) is 26.2 Å². The SMILES string of the molecule is CCNC(=O)[C@@H](C)N(Cc1ccc(F)cc1)C(=O)CN(C)S(C)(=O)=O. The number of nitrogens with zero attached hydrogens (tertiary/aromatic N) is 2. The third kappa shape index (κ3) is 6.43. The number of rotatable bonds is 8. The van der Waals surface area contributed by atoms with Gasteiger partial charge >= 0.3 is 0 Å². The van der Waals surface area contributed by atoms with Crippen molar-refractivity contribution in [3.05, 3.63) is 35.6 Å². The van der Waals surface area contributed by atoms with Gasteiger partial charge in [0, 0.05) is 20.1 Å². The molecule has 0 saturated carbocycles. The molecule has 0 unspecified atom stereocenters. The molecule has 1 atom stereocenters. The van der Waals surface area contributed by atoms with E-state index in [1.807, 2.05) is 0 Å². The van der Waals surface area contributed by atoms with E-state index in [9.17, 15) is 22.4 Å². The maximum atomic E-state index is 13.1. The highest BCUT2D eigenvalue weighted by molar-refractivity contribution is 7.88. The second-order valence-electron chi connectivity index (χ2n) is 5.74. The quantitative estimate of drug-likeness (QED) is 0.722. The van der Waals surface area contributed by atoms with Gasteiger partial charge in [-0.3, -0.25) is 9.59 Å². The highest BCUT2D eigenvalue weighted by atomic mass is 32.2. The Labute approximate surface area is 147 Å². The Hall–Kier alpha value is -2.00. The first-order chi connectivity index (χ1) is 11.6. The van der Waals surface area contributed by atoms with Crippen LogP contribution in [-0.4, -0.2) is 61.9 Å². The largest absolute Gasteiger partial charge is 0.355 e. The maximum absolute atomic E-state index is 13.1. The van der Waals surface area contributed by atoms with E-state index < -0.39 is 27.8 Å². The first-order valence-corrected chi connectivity index (χ1v) is 9.64. The van der Waals surface area contributed by atoms with E-state index in [0.29, 0.717) is 12.1 Å². The number of carbonyl (C=O) groups excluding carboxylic acids is 2. The van der Waals surface area contributed by atoms with Gasteiger partial charge in [0.15, 0.2) is 0 Å². The second kappa shape index (κ2) is 8.91. The van der Waals surface area contributed by atoms with Crippen LogP contribution in [0.25, 0.3) is 0 Å². The van der Waals surface area contributed by atoms with Gasteiger partial charge in [-0.2, -0.15) is 4.31 Å². The summed E-state index contributed by atoms with van der Waals surface area (Å²) in [6.07, 6.45) is 0.998. The second-order valence-corrected chi connectivity index (χ2v) is 7.83. The van der Waals surface area contributed by atoms with Crippen molar-refractivity contribution in [3.63, 3.8) is 0 Å². The monoisotopic (exact) mass is 373 g/mol. The molecule has 1 rings (SSSR count). The van der Waals surface area contributed by atoms with Crippen LogP contribution in [0.2, 0.25) is 0 Å². The van der Waals surface area contributed by atoms with E-state index >= 15 is 0 Å². The summed E-state index contributed by atoms with van der Waals surface area (Å²) in [6, 6.07) is 4.75. The predicted octanol–water partition coefficient (Wildman–Crippen LogP) is 0.570. The summed E-state index contributed by atoms with van der Waals surface area (Å²) in [5.41, 5.74) is 0.632. The molecule has 7 nitrogen and oxygen atoms in total. The van der Waals surface area contributed by atoms with Crippen molar-refractivity contribution in [3.8, 4) is 0 Å². The molecule has 0 radical (unpaired) electrons. The summed E-state index contributed by atoms with van der Waals surface area (Å²) >= 11 is 0. The van der Waals surface area contributed by atoms with Crippen molar-refractivity contribution >= 4 is 21.8 Å². The molecular formula is C16H24FN3O4S. The number of likely N-dealkylation sites (N-methyl/N-ethyl adjacent to an activating group) is 2. The molecule has 0 fully saturated rings. The van der Waals surface area contributed by atoms with Gasteiger partial charge in [-0.25, -0.2) is 12.8 Å². The van der Waals surface area contributed by atoms with E-state index in [4.69, 9.17) is 0 Å². The first kappa shape index (κ1) is 21.0. The molecule has 0 saturated heterocycles. The summed E-state index contributed by atoms with van der Waals surface area (Å²) in [5.74, 6) is -1.27. The average Bonchev–Trinajstić information content (AvgIpc) is 2.52. The minimum absolute atomic E-state index is 0.0645. The molecule has 9 heteroatoms. The summed E-state index contributed by atoms with van der Waals surface area (Å²) in [6.45, 7) is 3.41. The van der Waals surface area contributed by atoms with Crippen molar-refractivity contribution in [1.29, 1.82) is 0 Å². The number of hydrogen-bond acceptors (Lipinski definition) is 4. The molecule has 0 aliphatic rings. The molecule has 0 bridgehead atoms. The van der Waals surface area contributed by atoms with Gasteiger partial charge in [-0.15, -0.1) is 0 Å². The van der Waals surface area contributed by atoms with Gasteiger partial charge in [-0.1, -0.05) is 12.1 Å². The summed E-state index contributed by atoms with van der Waals surface area (Å²) < 4.78 is 37.0. The predicted molar refractivity (Wildman–Crippen MR) is 92.6 cm³/mol. The fourth-order valence-electron chi connectivity index (χ4n) is 2.09. The van der Waals surface area contributed by atoms with Crippen molar-refractivity contribution in [2.45, 2.75) is 26.4 Å². The zero-order valence-corrected chi connectivity index (χ0v) is 15.6. The Kier molecular flexibility index (Phi) is 7.50. The minimum atomic E-state index is -3.53. The Bertz CT molecular complexity index is 707. The molecule has 1 aromatic rings. The van der Waals surface area contributed by atoms with Crippen molar-refractivity contribution in [2.75, 3.05) is 26.4 Å². The standard InChI is InChI=1S/C16H24FN3O4S/c1-5-18-16(22)12(2)20(10-13-6-8-14(17)9-7-13)15(21)11-19(3)25(4,23)24/h6-9,12H,5,10-11H2,1-4H3,(H,18,22)/t12-/m1/s1. The van der Waals surface area contributed by atoms with Gasteiger partial charge in [0.2, 0.25) is 21.8 Å². The molecule has 0 heterocycles. The van der Waals surface area contributed by atoms with Gasteiger partial charge in [-0.05, 0) is 31.5 Å². The number of carbonyl (C=O) groups is 2. The first-order valence-electron chi connectivity index (χ1n) is 7.79. The Morgan fingerprint density at radius 3 is 2.28 bits per heavy atom. The zero-order chi connectivity index (χ0) is 19.2. The molecule has 140 valence electrons. The smallest absolute Gasteiger partial charge is 0.242 e. The molecular weight excluding hydrogens is 349 g/mol. The van der Waals surface area contributed by atoms with Crippen LogP contribution in [0.4, 0.5) is 4.39 Å². The van der Waals surface area contributed by atoms with Crippen LogP contribution in [0.15, 0.2) is 24.3 Å². The average molecular weight is 373 g/mol.